The second kappa shape index (κ2) is 21.5. The number of ether oxygens (including phenoxy) is 3. The fourth-order valence-electron chi connectivity index (χ4n) is 6.17. The highest BCUT2D eigenvalue weighted by Gasteiger charge is 2.62. The molecule has 2 unspecified atom stereocenters. The first-order chi connectivity index (χ1) is 29.2. The fourth-order valence-corrected chi connectivity index (χ4v) is 7.84. The zero-order valence-electron chi connectivity index (χ0n) is 33.2. The van der Waals surface area contributed by atoms with Gasteiger partial charge in [0, 0.05) is 37.8 Å². The van der Waals surface area contributed by atoms with Crippen molar-refractivity contribution in [3.8, 4) is 0 Å². The summed E-state index contributed by atoms with van der Waals surface area (Å²) < 4.78 is 68.4. The van der Waals surface area contributed by atoms with Gasteiger partial charge in [-0.1, -0.05) is 36.4 Å². The van der Waals surface area contributed by atoms with Gasteiger partial charge in [0.1, 0.15) is 18.3 Å². The zero-order valence-corrected chi connectivity index (χ0v) is 35.8. The van der Waals surface area contributed by atoms with E-state index >= 15 is 0 Å². The van der Waals surface area contributed by atoms with Crippen LogP contribution in [0.3, 0.4) is 0 Å². The van der Waals surface area contributed by atoms with E-state index in [9.17, 15) is 71.8 Å². The third kappa shape index (κ3) is 17.1. The van der Waals surface area contributed by atoms with E-state index < -0.39 is 115 Å². The quantitative estimate of drug-likeness (QED) is 0.0498. The molecular weight excluding hydrogens is 903 g/mol. The molecule has 9 N–H and O–H groups in total. The molecule has 1 aliphatic carbocycles. The summed E-state index contributed by atoms with van der Waals surface area (Å²) in [7, 11) is -17.8. The van der Waals surface area contributed by atoms with Crippen molar-refractivity contribution in [2.45, 2.75) is 76.7 Å². The van der Waals surface area contributed by atoms with Gasteiger partial charge in [-0.05, 0) is 53.1 Å². The lowest BCUT2D eigenvalue weighted by Gasteiger charge is -2.47. The van der Waals surface area contributed by atoms with Crippen LogP contribution in [0.4, 0.5) is 17.1 Å². The van der Waals surface area contributed by atoms with Gasteiger partial charge in [0.25, 0.3) is 0 Å². The van der Waals surface area contributed by atoms with Gasteiger partial charge in [0.2, 0.25) is 17.7 Å². The Kier molecular flexibility index (Phi) is 17.2. The predicted molar refractivity (Wildman–Crippen MR) is 214 cm³/mol. The summed E-state index contributed by atoms with van der Waals surface area (Å²) in [5.74, 6) is -5.15. The summed E-state index contributed by atoms with van der Waals surface area (Å²) >= 11 is 0. The van der Waals surface area contributed by atoms with E-state index in [-0.39, 0.29) is 16.7 Å². The summed E-state index contributed by atoms with van der Waals surface area (Å²) in [5, 5.41) is 7.52. The minimum Gasteiger partial charge on any atom is -0.455 e. The van der Waals surface area contributed by atoms with Gasteiger partial charge < -0.3 is 59.5 Å². The third-order valence-electron chi connectivity index (χ3n) is 8.39. The Hall–Kier alpha value is -5.19. The molecule has 0 aromatic heterocycles. The second-order valence-electron chi connectivity index (χ2n) is 13.7. The molecule has 1 saturated carbocycles. The van der Waals surface area contributed by atoms with Crippen molar-refractivity contribution in [2.75, 3.05) is 16.0 Å². The molecule has 27 heteroatoms. The van der Waals surface area contributed by atoms with Crippen LogP contribution in [0.15, 0.2) is 72.8 Å². The standard InChI is InChI=1S/C36H42N3O21P3/c1-19(40)37-25-10-4-22(5-11-25)16-28(43)55-31-32(56-29(44)17-23-6-12-26(13-7-23)38-20(2)41)34(58-61(46,47)48)36(60-63(52,53)54)35(59-62(49,50)51)33(31)57-30(45)18-24-8-14-27(15-9-24)39-21(3)42/h4-15,31-36H,16-18H2,1-3H3,(H,37,40)(H,38,41)(H,39,42)(H2,46,47,48)(H2,49,50,51)(H2,52,53,54)/t31?,32-,33+,34-,35-,36?/m1/s1. The van der Waals surface area contributed by atoms with E-state index in [2.05, 4.69) is 16.0 Å². The second-order valence-corrected chi connectivity index (χ2v) is 17.3. The number of phosphoric ester groups is 3. The Balaban J connectivity index is 1.85. The SMILES string of the molecule is CC(=O)Nc1ccc(CC(=O)OC2[C@@H](OC(=O)Cc3ccc(NC(C)=O)cc3)[C@@H](OP(=O)(O)O)C(OP(=O)(O)O)[C@H](OP(=O)(O)O)[C@H]2OC(=O)Cc2ccc(NC(C)=O)cc2)cc1. The number of hydrogen-bond acceptors (Lipinski definition) is 15. The molecule has 0 aliphatic heterocycles. The van der Waals surface area contributed by atoms with Crippen LogP contribution in [-0.4, -0.2) is 102 Å². The first-order valence-electron chi connectivity index (χ1n) is 18.1. The van der Waals surface area contributed by atoms with Crippen molar-refractivity contribution in [1.82, 2.24) is 0 Å². The first-order valence-corrected chi connectivity index (χ1v) is 22.7. The van der Waals surface area contributed by atoms with Crippen molar-refractivity contribution in [2.24, 2.45) is 0 Å². The largest absolute Gasteiger partial charge is 0.470 e. The number of rotatable bonds is 18. The fraction of sp³-hybridized carbons (Fsp3) is 0.333. The molecule has 0 spiro atoms. The summed E-state index contributed by atoms with van der Waals surface area (Å²) in [5.41, 5.74) is 1.54. The molecule has 3 amide bonds. The highest BCUT2D eigenvalue weighted by atomic mass is 31.2. The minimum absolute atomic E-state index is 0.187. The Morgan fingerprint density at radius 1 is 0.413 bits per heavy atom. The Labute approximate surface area is 357 Å². The molecule has 342 valence electrons. The van der Waals surface area contributed by atoms with Gasteiger partial charge in [-0.15, -0.1) is 0 Å². The Bertz CT molecular complexity index is 2180. The summed E-state index contributed by atoms with van der Waals surface area (Å²) in [4.78, 5) is 135. The van der Waals surface area contributed by atoms with Crippen molar-refractivity contribution < 1.29 is 99.6 Å². The molecule has 0 heterocycles. The van der Waals surface area contributed by atoms with E-state index in [0.29, 0.717) is 17.1 Å². The number of esters is 3. The lowest BCUT2D eigenvalue weighted by atomic mass is 9.84. The van der Waals surface area contributed by atoms with Crippen LogP contribution in [-0.2, 0) is 89.5 Å². The third-order valence-corrected chi connectivity index (χ3v) is 9.94. The average molecular weight is 946 g/mol. The van der Waals surface area contributed by atoms with Crippen LogP contribution in [0.5, 0.6) is 0 Å². The highest BCUT2D eigenvalue weighted by Crippen LogP contribution is 2.51. The summed E-state index contributed by atoms with van der Waals surface area (Å²) in [6, 6.07) is 16.6. The summed E-state index contributed by atoms with van der Waals surface area (Å²) in [6.07, 6.45) is -17.8. The van der Waals surface area contributed by atoms with Crippen LogP contribution in [0.2, 0.25) is 0 Å². The van der Waals surface area contributed by atoms with Crippen molar-refractivity contribution in [3.63, 3.8) is 0 Å². The van der Waals surface area contributed by atoms with Gasteiger partial charge in [-0.2, -0.15) is 0 Å². The normalized spacial score (nSPS) is 20.1. The molecule has 1 aliphatic rings. The molecule has 4 rings (SSSR count). The monoisotopic (exact) mass is 945 g/mol. The average Bonchev–Trinajstić information content (AvgIpc) is 3.13. The Morgan fingerprint density at radius 2 is 0.619 bits per heavy atom. The van der Waals surface area contributed by atoms with E-state index in [1.165, 1.54) is 93.6 Å². The maximum absolute atomic E-state index is 13.7. The predicted octanol–water partition coefficient (Wildman–Crippen LogP) is 1.77. The maximum atomic E-state index is 13.7. The molecule has 6 atom stereocenters. The first kappa shape index (κ1) is 50.5. The molecule has 24 nitrogen and oxygen atoms in total. The number of phosphoric acid groups is 3. The van der Waals surface area contributed by atoms with E-state index in [0.717, 1.165) is 0 Å². The lowest BCUT2D eigenvalue weighted by Crippen LogP contribution is -2.68. The number of amides is 3. The number of anilines is 3. The van der Waals surface area contributed by atoms with E-state index in [4.69, 9.17) is 27.8 Å². The maximum Gasteiger partial charge on any atom is 0.470 e. The van der Waals surface area contributed by atoms with Crippen LogP contribution in [0.1, 0.15) is 37.5 Å². The molecule has 1 fully saturated rings. The van der Waals surface area contributed by atoms with Gasteiger partial charge in [0.05, 0.1) is 19.3 Å². The van der Waals surface area contributed by atoms with Crippen LogP contribution >= 0.6 is 23.5 Å². The Morgan fingerprint density at radius 3 is 0.825 bits per heavy atom. The molecule has 0 bridgehead atoms. The molecule has 0 saturated heterocycles. The number of nitrogens with one attached hydrogen (secondary N) is 3. The van der Waals surface area contributed by atoms with E-state index in [1.54, 1.807) is 0 Å². The smallest absolute Gasteiger partial charge is 0.455 e. The number of benzene rings is 3. The molecule has 3 aromatic carbocycles. The van der Waals surface area contributed by atoms with Gasteiger partial charge in [0.15, 0.2) is 18.3 Å². The van der Waals surface area contributed by atoms with Gasteiger partial charge in [-0.25, -0.2) is 13.7 Å². The van der Waals surface area contributed by atoms with Crippen molar-refractivity contribution in [1.29, 1.82) is 0 Å². The van der Waals surface area contributed by atoms with E-state index in [1.807, 2.05) is 0 Å². The molecule has 63 heavy (non-hydrogen) atoms. The number of carbonyl (C=O) groups excluding carboxylic acids is 6. The number of hydrogen-bond donors (Lipinski definition) is 9. The minimum atomic E-state index is -5.95. The van der Waals surface area contributed by atoms with Crippen molar-refractivity contribution in [3.05, 3.63) is 89.5 Å². The highest BCUT2D eigenvalue weighted by molar-refractivity contribution is 7.47. The number of carbonyl (C=O) groups is 6. The van der Waals surface area contributed by atoms with Gasteiger partial charge >= 0.3 is 41.4 Å². The topological polar surface area (TPSA) is 366 Å². The van der Waals surface area contributed by atoms with Crippen molar-refractivity contribution >= 4 is 76.2 Å². The summed E-state index contributed by atoms with van der Waals surface area (Å²) in [6.45, 7) is 3.74. The zero-order chi connectivity index (χ0) is 46.9. The van der Waals surface area contributed by atoms with Crippen LogP contribution < -0.4 is 16.0 Å². The lowest BCUT2D eigenvalue weighted by molar-refractivity contribution is -0.240. The van der Waals surface area contributed by atoms with Crippen LogP contribution in [0.25, 0.3) is 0 Å². The van der Waals surface area contributed by atoms with Gasteiger partial charge in [-0.3, -0.25) is 42.3 Å². The molecular formula is C36H42N3O21P3. The molecule has 0 radical (unpaired) electrons. The molecule has 3 aromatic rings. The van der Waals surface area contributed by atoms with Crippen LogP contribution in [0, 0.1) is 0 Å².